The number of hydrogen-bond donors (Lipinski definition) is 1. The lowest BCUT2D eigenvalue weighted by atomic mass is 9.96. The number of para-hydroxylation sites is 1. The van der Waals surface area contributed by atoms with Crippen molar-refractivity contribution in [3.8, 4) is 5.75 Å². The molecule has 0 aliphatic carbocycles. The number of aryl methyl sites for hydroxylation is 1. The SMILES string of the molecule is CCNC(CCc1ccccc1OC(F)(F)F)C(C)C. The van der Waals surface area contributed by atoms with Gasteiger partial charge < -0.3 is 10.1 Å². The minimum absolute atomic E-state index is 0.0981. The van der Waals surface area contributed by atoms with Crippen LogP contribution in [0.1, 0.15) is 32.8 Å². The average Bonchev–Trinajstić information content (AvgIpc) is 2.34. The molecule has 0 bridgehead atoms. The Bertz CT molecular complexity index is 404. The van der Waals surface area contributed by atoms with Gasteiger partial charge in [0.25, 0.3) is 0 Å². The third-order valence-corrected chi connectivity index (χ3v) is 3.19. The minimum Gasteiger partial charge on any atom is -0.406 e. The summed E-state index contributed by atoms with van der Waals surface area (Å²) < 4.78 is 41.1. The number of hydrogen-bond acceptors (Lipinski definition) is 2. The fraction of sp³-hybridized carbons (Fsp3) is 0.600. The van der Waals surface area contributed by atoms with Crippen molar-refractivity contribution in [3.63, 3.8) is 0 Å². The second-order valence-electron chi connectivity index (χ2n) is 5.10. The van der Waals surface area contributed by atoms with Gasteiger partial charge in [-0.3, -0.25) is 0 Å². The summed E-state index contributed by atoms with van der Waals surface area (Å²) in [6, 6.07) is 6.62. The molecule has 1 rings (SSSR count). The van der Waals surface area contributed by atoms with Gasteiger partial charge in [-0.05, 0) is 36.9 Å². The van der Waals surface area contributed by atoms with E-state index in [-0.39, 0.29) is 5.75 Å². The summed E-state index contributed by atoms with van der Waals surface area (Å²) in [4.78, 5) is 0. The van der Waals surface area contributed by atoms with Crippen LogP contribution in [-0.4, -0.2) is 18.9 Å². The number of alkyl halides is 3. The molecule has 0 spiro atoms. The van der Waals surface area contributed by atoms with Gasteiger partial charge in [0.05, 0.1) is 0 Å². The molecule has 0 fully saturated rings. The summed E-state index contributed by atoms with van der Waals surface area (Å²) in [7, 11) is 0. The summed E-state index contributed by atoms with van der Waals surface area (Å²) in [5.74, 6) is 0.338. The molecule has 114 valence electrons. The van der Waals surface area contributed by atoms with Crippen molar-refractivity contribution >= 4 is 0 Å². The van der Waals surface area contributed by atoms with Gasteiger partial charge in [-0.15, -0.1) is 13.2 Å². The third-order valence-electron chi connectivity index (χ3n) is 3.19. The molecule has 1 aromatic rings. The Kier molecular flexibility index (Phi) is 6.33. The highest BCUT2D eigenvalue weighted by atomic mass is 19.4. The normalized spacial score (nSPS) is 13.6. The van der Waals surface area contributed by atoms with Crippen molar-refractivity contribution in [2.24, 2.45) is 5.92 Å². The van der Waals surface area contributed by atoms with Crippen molar-refractivity contribution < 1.29 is 17.9 Å². The van der Waals surface area contributed by atoms with Crippen LogP contribution in [0.5, 0.6) is 5.75 Å². The van der Waals surface area contributed by atoms with Crippen LogP contribution in [-0.2, 0) is 6.42 Å². The average molecular weight is 289 g/mol. The summed E-state index contributed by atoms with van der Waals surface area (Å²) in [6.07, 6.45) is -3.30. The summed E-state index contributed by atoms with van der Waals surface area (Å²) >= 11 is 0. The Labute approximate surface area is 118 Å². The smallest absolute Gasteiger partial charge is 0.406 e. The van der Waals surface area contributed by atoms with Crippen LogP contribution >= 0.6 is 0 Å². The van der Waals surface area contributed by atoms with Crippen molar-refractivity contribution in [3.05, 3.63) is 29.8 Å². The fourth-order valence-electron chi connectivity index (χ4n) is 2.18. The molecule has 0 amide bonds. The van der Waals surface area contributed by atoms with E-state index >= 15 is 0 Å². The second kappa shape index (κ2) is 7.53. The van der Waals surface area contributed by atoms with Crippen molar-refractivity contribution in [2.45, 2.75) is 46.0 Å². The number of rotatable bonds is 7. The molecule has 0 saturated carbocycles. The van der Waals surface area contributed by atoms with Gasteiger partial charge in [0, 0.05) is 6.04 Å². The summed E-state index contributed by atoms with van der Waals surface area (Å²) in [6.45, 7) is 7.08. The fourth-order valence-corrected chi connectivity index (χ4v) is 2.18. The van der Waals surface area contributed by atoms with Gasteiger partial charge in [0.15, 0.2) is 0 Å². The predicted molar refractivity (Wildman–Crippen MR) is 73.7 cm³/mol. The van der Waals surface area contributed by atoms with Crippen molar-refractivity contribution in [2.75, 3.05) is 6.54 Å². The minimum atomic E-state index is -4.64. The van der Waals surface area contributed by atoms with E-state index in [1.165, 1.54) is 6.07 Å². The standard InChI is InChI=1S/C15H22F3NO/c1-4-19-13(11(2)3)10-9-12-7-5-6-8-14(12)20-15(16,17)18/h5-8,11,13,19H,4,9-10H2,1-3H3. The maximum Gasteiger partial charge on any atom is 0.573 e. The van der Waals surface area contributed by atoms with E-state index in [9.17, 15) is 13.2 Å². The van der Waals surface area contributed by atoms with Crippen LogP contribution in [0.25, 0.3) is 0 Å². The van der Waals surface area contributed by atoms with Crippen LogP contribution < -0.4 is 10.1 Å². The van der Waals surface area contributed by atoms with E-state index in [0.717, 1.165) is 13.0 Å². The van der Waals surface area contributed by atoms with E-state index in [4.69, 9.17) is 0 Å². The van der Waals surface area contributed by atoms with Crippen LogP contribution in [0, 0.1) is 5.92 Å². The van der Waals surface area contributed by atoms with Crippen molar-refractivity contribution in [1.29, 1.82) is 0 Å². The topological polar surface area (TPSA) is 21.3 Å². The molecule has 1 atom stereocenters. The largest absolute Gasteiger partial charge is 0.573 e. The van der Waals surface area contributed by atoms with Gasteiger partial charge in [-0.25, -0.2) is 0 Å². The Morgan fingerprint density at radius 2 is 1.85 bits per heavy atom. The van der Waals surface area contributed by atoms with Gasteiger partial charge >= 0.3 is 6.36 Å². The Morgan fingerprint density at radius 3 is 2.40 bits per heavy atom. The number of nitrogens with one attached hydrogen (secondary N) is 1. The lowest BCUT2D eigenvalue weighted by molar-refractivity contribution is -0.274. The molecule has 1 aromatic carbocycles. The number of halogens is 3. The molecule has 0 aromatic heterocycles. The van der Waals surface area contributed by atoms with Crippen LogP contribution in [0.4, 0.5) is 13.2 Å². The molecule has 2 nitrogen and oxygen atoms in total. The van der Waals surface area contributed by atoms with E-state index in [1.54, 1.807) is 18.2 Å². The molecule has 0 heterocycles. The molecule has 5 heteroatoms. The van der Waals surface area contributed by atoms with Gasteiger partial charge in [0.1, 0.15) is 5.75 Å². The monoisotopic (exact) mass is 289 g/mol. The zero-order valence-corrected chi connectivity index (χ0v) is 12.1. The maximum absolute atomic E-state index is 12.3. The van der Waals surface area contributed by atoms with Crippen LogP contribution in [0.15, 0.2) is 24.3 Å². The summed E-state index contributed by atoms with van der Waals surface area (Å²) in [5.41, 5.74) is 0.591. The number of ether oxygens (including phenoxy) is 1. The first kappa shape index (κ1) is 16.8. The highest BCUT2D eigenvalue weighted by molar-refractivity contribution is 5.33. The second-order valence-corrected chi connectivity index (χ2v) is 5.10. The quantitative estimate of drug-likeness (QED) is 0.814. The van der Waals surface area contributed by atoms with Crippen LogP contribution in [0.2, 0.25) is 0 Å². The summed E-state index contributed by atoms with van der Waals surface area (Å²) in [5, 5.41) is 3.36. The molecule has 20 heavy (non-hydrogen) atoms. The lowest BCUT2D eigenvalue weighted by Gasteiger charge is -2.22. The first-order valence-electron chi connectivity index (χ1n) is 6.90. The predicted octanol–water partition coefficient (Wildman–Crippen LogP) is 4.15. The van der Waals surface area contributed by atoms with E-state index in [0.29, 0.717) is 23.9 Å². The third kappa shape index (κ3) is 5.82. The zero-order valence-electron chi connectivity index (χ0n) is 12.1. The molecule has 0 aliphatic heterocycles. The van der Waals surface area contributed by atoms with Gasteiger partial charge in [0.2, 0.25) is 0 Å². The zero-order chi connectivity index (χ0) is 15.2. The highest BCUT2D eigenvalue weighted by Crippen LogP contribution is 2.27. The molecule has 0 aliphatic rings. The first-order valence-corrected chi connectivity index (χ1v) is 6.90. The molecule has 0 radical (unpaired) electrons. The Hall–Kier alpha value is -1.23. The molecule has 0 saturated heterocycles. The Balaban J connectivity index is 2.72. The molecule has 1 unspecified atom stereocenters. The highest BCUT2D eigenvalue weighted by Gasteiger charge is 2.32. The molecular weight excluding hydrogens is 267 g/mol. The number of benzene rings is 1. The molecular formula is C15H22F3NO. The molecule has 1 N–H and O–H groups in total. The van der Waals surface area contributed by atoms with Crippen molar-refractivity contribution in [1.82, 2.24) is 5.32 Å². The maximum atomic E-state index is 12.3. The van der Waals surface area contributed by atoms with E-state index in [1.807, 2.05) is 6.92 Å². The van der Waals surface area contributed by atoms with Crippen LogP contribution in [0.3, 0.4) is 0 Å². The lowest BCUT2D eigenvalue weighted by Crippen LogP contribution is -2.34. The van der Waals surface area contributed by atoms with Gasteiger partial charge in [-0.1, -0.05) is 39.0 Å². The van der Waals surface area contributed by atoms with E-state index < -0.39 is 6.36 Å². The first-order chi connectivity index (χ1) is 9.33. The Morgan fingerprint density at radius 1 is 1.20 bits per heavy atom. The van der Waals surface area contributed by atoms with E-state index in [2.05, 4.69) is 23.9 Å². The van der Waals surface area contributed by atoms with Gasteiger partial charge in [-0.2, -0.15) is 0 Å².